The molecule has 0 amide bonds. The molecule has 1 unspecified atom stereocenters. The van der Waals surface area contributed by atoms with Crippen LogP contribution < -0.4 is 5.32 Å². The second-order valence-corrected chi connectivity index (χ2v) is 6.27. The number of hydrogen-bond donors (Lipinski definition) is 1. The van der Waals surface area contributed by atoms with E-state index in [1.807, 2.05) is 0 Å². The van der Waals surface area contributed by atoms with E-state index in [-0.39, 0.29) is 0 Å². The van der Waals surface area contributed by atoms with Crippen molar-refractivity contribution in [2.45, 2.75) is 39.7 Å². The molecular weight excluding hydrogens is 310 g/mol. The molecule has 0 fully saturated rings. The van der Waals surface area contributed by atoms with E-state index in [0.717, 1.165) is 17.3 Å². The van der Waals surface area contributed by atoms with Gasteiger partial charge >= 0.3 is 0 Å². The summed E-state index contributed by atoms with van der Waals surface area (Å²) in [4.78, 5) is 0. The van der Waals surface area contributed by atoms with Crippen LogP contribution >= 0.6 is 15.9 Å². The highest BCUT2D eigenvalue weighted by Gasteiger charge is 2.11. The van der Waals surface area contributed by atoms with Crippen LogP contribution in [-0.2, 0) is 6.42 Å². The fourth-order valence-electron chi connectivity index (χ4n) is 2.54. The minimum atomic E-state index is 0.468. The van der Waals surface area contributed by atoms with Crippen LogP contribution in [0.25, 0.3) is 0 Å². The highest BCUT2D eigenvalue weighted by molar-refractivity contribution is 9.10. The molecule has 20 heavy (non-hydrogen) atoms. The molecular formula is C18H22BrN. The molecule has 0 aliphatic heterocycles. The summed E-state index contributed by atoms with van der Waals surface area (Å²) in [5.41, 5.74) is 5.25. The van der Waals surface area contributed by atoms with Crippen LogP contribution in [0.1, 0.15) is 30.0 Å². The Morgan fingerprint density at radius 2 is 1.65 bits per heavy atom. The predicted octanol–water partition coefficient (Wildman–Crippen LogP) is 5.50. The van der Waals surface area contributed by atoms with E-state index in [1.54, 1.807) is 0 Å². The van der Waals surface area contributed by atoms with Crippen molar-refractivity contribution in [2.24, 2.45) is 0 Å². The van der Waals surface area contributed by atoms with Gasteiger partial charge in [0, 0.05) is 16.2 Å². The first-order chi connectivity index (χ1) is 9.60. The molecule has 0 spiro atoms. The first kappa shape index (κ1) is 15.1. The molecule has 1 N–H and O–H groups in total. The van der Waals surface area contributed by atoms with Gasteiger partial charge in [-0.3, -0.25) is 0 Å². The molecule has 1 nitrogen and oxygen atoms in total. The quantitative estimate of drug-likeness (QED) is 0.762. The van der Waals surface area contributed by atoms with Crippen molar-refractivity contribution >= 4 is 21.6 Å². The second kappa shape index (κ2) is 6.94. The zero-order valence-electron chi connectivity index (χ0n) is 12.4. The monoisotopic (exact) mass is 331 g/mol. The van der Waals surface area contributed by atoms with Crippen LogP contribution in [0.2, 0.25) is 0 Å². The Bertz CT molecular complexity index is 540. The van der Waals surface area contributed by atoms with Crippen molar-refractivity contribution in [2.75, 3.05) is 5.32 Å². The molecule has 0 aliphatic carbocycles. The van der Waals surface area contributed by atoms with Gasteiger partial charge in [-0.25, -0.2) is 0 Å². The third-order valence-corrected chi connectivity index (χ3v) is 4.12. The van der Waals surface area contributed by atoms with E-state index in [9.17, 15) is 0 Å². The Morgan fingerprint density at radius 1 is 1.05 bits per heavy atom. The van der Waals surface area contributed by atoms with E-state index >= 15 is 0 Å². The molecule has 1 atom stereocenters. The average molecular weight is 332 g/mol. The van der Waals surface area contributed by atoms with Crippen LogP contribution in [0.4, 0.5) is 5.69 Å². The Labute approximate surface area is 130 Å². The molecule has 2 heteroatoms. The van der Waals surface area contributed by atoms with Gasteiger partial charge in [-0.2, -0.15) is 0 Å². The summed E-state index contributed by atoms with van der Waals surface area (Å²) in [5, 5.41) is 3.72. The van der Waals surface area contributed by atoms with Crippen LogP contribution in [0, 0.1) is 13.8 Å². The largest absolute Gasteiger partial charge is 0.382 e. The fourth-order valence-corrected chi connectivity index (χ4v) is 3.23. The third-order valence-electron chi connectivity index (χ3n) is 3.66. The van der Waals surface area contributed by atoms with Crippen LogP contribution in [0.5, 0.6) is 0 Å². The number of benzene rings is 2. The first-order valence-electron chi connectivity index (χ1n) is 7.17. The SMILES string of the molecule is CCC(Cc1ccccc1)Nc1c(C)cc(Br)cc1C. The minimum absolute atomic E-state index is 0.468. The summed E-state index contributed by atoms with van der Waals surface area (Å²) < 4.78 is 1.15. The summed E-state index contributed by atoms with van der Waals surface area (Å²) in [6.45, 7) is 6.56. The molecule has 2 rings (SSSR count). The van der Waals surface area contributed by atoms with Gasteiger partial charge in [-0.1, -0.05) is 53.2 Å². The van der Waals surface area contributed by atoms with Crippen LogP contribution in [-0.4, -0.2) is 6.04 Å². The number of hydrogen-bond acceptors (Lipinski definition) is 1. The number of nitrogens with one attached hydrogen (secondary N) is 1. The van der Waals surface area contributed by atoms with Gasteiger partial charge in [-0.15, -0.1) is 0 Å². The van der Waals surface area contributed by atoms with Gasteiger partial charge in [0.25, 0.3) is 0 Å². The van der Waals surface area contributed by atoms with E-state index in [1.165, 1.54) is 22.4 Å². The number of aryl methyl sites for hydroxylation is 2. The maximum atomic E-state index is 3.72. The Morgan fingerprint density at radius 3 is 2.20 bits per heavy atom. The van der Waals surface area contributed by atoms with Crippen molar-refractivity contribution in [3.8, 4) is 0 Å². The first-order valence-corrected chi connectivity index (χ1v) is 7.96. The lowest BCUT2D eigenvalue weighted by molar-refractivity contribution is 0.689. The summed E-state index contributed by atoms with van der Waals surface area (Å²) in [6, 6.07) is 15.5. The Balaban J connectivity index is 2.15. The molecule has 106 valence electrons. The van der Waals surface area contributed by atoms with Gasteiger partial charge < -0.3 is 5.32 Å². The van der Waals surface area contributed by atoms with Crippen molar-refractivity contribution in [3.05, 3.63) is 63.6 Å². The smallest absolute Gasteiger partial charge is 0.0402 e. The number of anilines is 1. The van der Waals surface area contributed by atoms with E-state index in [2.05, 4.69) is 84.5 Å². The predicted molar refractivity (Wildman–Crippen MR) is 91.5 cm³/mol. The van der Waals surface area contributed by atoms with E-state index in [0.29, 0.717) is 6.04 Å². The van der Waals surface area contributed by atoms with E-state index < -0.39 is 0 Å². The standard InChI is InChI=1S/C18H22BrN/c1-4-17(12-15-8-6-5-7-9-15)20-18-13(2)10-16(19)11-14(18)3/h5-11,17,20H,4,12H2,1-3H3. The third kappa shape index (κ3) is 3.86. The molecule has 0 saturated heterocycles. The zero-order chi connectivity index (χ0) is 14.5. The fraction of sp³-hybridized carbons (Fsp3) is 0.333. The van der Waals surface area contributed by atoms with Gasteiger partial charge in [-0.05, 0) is 55.5 Å². The van der Waals surface area contributed by atoms with Crippen molar-refractivity contribution in [1.29, 1.82) is 0 Å². The Kier molecular flexibility index (Phi) is 5.24. The van der Waals surface area contributed by atoms with Crippen molar-refractivity contribution in [3.63, 3.8) is 0 Å². The summed E-state index contributed by atoms with van der Waals surface area (Å²) in [5.74, 6) is 0. The van der Waals surface area contributed by atoms with Gasteiger partial charge in [0.05, 0.1) is 0 Å². The lowest BCUT2D eigenvalue weighted by Gasteiger charge is -2.22. The lowest BCUT2D eigenvalue weighted by Crippen LogP contribution is -2.22. The van der Waals surface area contributed by atoms with Gasteiger partial charge in [0.1, 0.15) is 0 Å². The molecule has 0 radical (unpaired) electrons. The van der Waals surface area contributed by atoms with E-state index in [4.69, 9.17) is 0 Å². The molecule has 0 heterocycles. The highest BCUT2D eigenvalue weighted by Crippen LogP contribution is 2.26. The molecule has 2 aromatic carbocycles. The van der Waals surface area contributed by atoms with Crippen molar-refractivity contribution < 1.29 is 0 Å². The Hall–Kier alpha value is -1.28. The van der Waals surface area contributed by atoms with Crippen LogP contribution in [0.15, 0.2) is 46.9 Å². The molecule has 0 saturated carbocycles. The zero-order valence-corrected chi connectivity index (χ0v) is 14.0. The molecule has 0 aromatic heterocycles. The van der Waals surface area contributed by atoms with Gasteiger partial charge in [0.15, 0.2) is 0 Å². The van der Waals surface area contributed by atoms with Crippen molar-refractivity contribution in [1.82, 2.24) is 0 Å². The number of halogens is 1. The maximum absolute atomic E-state index is 3.72. The van der Waals surface area contributed by atoms with Crippen LogP contribution in [0.3, 0.4) is 0 Å². The summed E-state index contributed by atoms with van der Waals surface area (Å²) in [7, 11) is 0. The average Bonchev–Trinajstić information content (AvgIpc) is 2.42. The maximum Gasteiger partial charge on any atom is 0.0402 e. The molecule has 0 bridgehead atoms. The second-order valence-electron chi connectivity index (χ2n) is 5.35. The highest BCUT2D eigenvalue weighted by atomic mass is 79.9. The molecule has 2 aromatic rings. The summed E-state index contributed by atoms with van der Waals surface area (Å²) >= 11 is 3.56. The summed E-state index contributed by atoms with van der Waals surface area (Å²) in [6.07, 6.45) is 2.18. The number of rotatable bonds is 5. The topological polar surface area (TPSA) is 12.0 Å². The normalized spacial score (nSPS) is 12.2. The van der Waals surface area contributed by atoms with Gasteiger partial charge in [0.2, 0.25) is 0 Å². The molecule has 0 aliphatic rings. The minimum Gasteiger partial charge on any atom is -0.382 e. The lowest BCUT2D eigenvalue weighted by atomic mass is 10.0.